The second kappa shape index (κ2) is 7.39. The Kier molecular flexibility index (Phi) is 5.86. The SMILES string of the molecule is Cc1ccc(C(N)C(=O)N[C@H](CCC(N)=O)C(=O)O)cc1. The Morgan fingerprint density at radius 1 is 1.24 bits per heavy atom. The number of carbonyl (C=O) groups is 3. The zero-order valence-corrected chi connectivity index (χ0v) is 11.7. The molecule has 0 aromatic heterocycles. The molecule has 1 rings (SSSR count). The number of primary amides is 1. The van der Waals surface area contributed by atoms with Crippen molar-refractivity contribution in [2.45, 2.75) is 31.8 Å². The van der Waals surface area contributed by atoms with Gasteiger partial charge < -0.3 is 21.9 Å². The van der Waals surface area contributed by atoms with E-state index in [2.05, 4.69) is 5.32 Å². The van der Waals surface area contributed by atoms with Gasteiger partial charge in [0, 0.05) is 6.42 Å². The summed E-state index contributed by atoms with van der Waals surface area (Å²) >= 11 is 0. The maximum atomic E-state index is 12.0. The van der Waals surface area contributed by atoms with Gasteiger partial charge in [-0.1, -0.05) is 29.8 Å². The second-order valence-corrected chi connectivity index (χ2v) is 4.79. The van der Waals surface area contributed by atoms with Gasteiger partial charge in [-0.2, -0.15) is 0 Å². The quantitative estimate of drug-likeness (QED) is 0.553. The first-order valence-electron chi connectivity index (χ1n) is 6.45. The van der Waals surface area contributed by atoms with E-state index < -0.39 is 29.9 Å². The van der Waals surface area contributed by atoms with Crippen LogP contribution in [0, 0.1) is 6.92 Å². The van der Waals surface area contributed by atoms with Crippen molar-refractivity contribution in [1.29, 1.82) is 0 Å². The third-order valence-corrected chi connectivity index (χ3v) is 3.01. The number of carboxylic acid groups (broad SMARTS) is 1. The molecule has 0 aliphatic heterocycles. The van der Waals surface area contributed by atoms with Crippen LogP contribution >= 0.6 is 0 Å². The summed E-state index contributed by atoms with van der Waals surface area (Å²) < 4.78 is 0. The molecule has 0 heterocycles. The fourth-order valence-corrected chi connectivity index (χ4v) is 1.73. The monoisotopic (exact) mass is 293 g/mol. The summed E-state index contributed by atoms with van der Waals surface area (Å²) in [6.07, 6.45) is -0.200. The number of hydrogen-bond acceptors (Lipinski definition) is 4. The summed E-state index contributed by atoms with van der Waals surface area (Å²) in [6, 6.07) is 4.87. The number of amides is 2. The van der Waals surface area contributed by atoms with Crippen LogP contribution in [0.1, 0.15) is 30.0 Å². The Morgan fingerprint density at radius 3 is 2.29 bits per heavy atom. The molecule has 0 radical (unpaired) electrons. The Morgan fingerprint density at radius 2 is 1.81 bits per heavy atom. The first-order chi connectivity index (χ1) is 9.81. The molecule has 0 spiro atoms. The number of carboxylic acids is 1. The van der Waals surface area contributed by atoms with Gasteiger partial charge in [0.25, 0.3) is 0 Å². The van der Waals surface area contributed by atoms with E-state index in [9.17, 15) is 14.4 Å². The van der Waals surface area contributed by atoms with E-state index in [4.69, 9.17) is 16.6 Å². The average Bonchev–Trinajstić information content (AvgIpc) is 2.42. The Hall–Kier alpha value is -2.41. The highest BCUT2D eigenvalue weighted by atomic mass is 16.4. The topological polar surface area (TPSA) is 136 Å². The summed E-state index contributed by atoms with van der Waals surface area (Å²) in [6.45, 7) is 1.90. The van der Waals surface area contributed by atoms with Gasteiger partial charge in [0.15, 0.2) is 0 Å². The van der Waals surface area contributed by atoms with Crippen molar-refractivity contribution in [2.75, 3.05) is 0 Å². The number of carbonyl (C=O) groups excluding carboxylic acids is 2. The molecule has 7 heteroatoms. The number of rotatable bonds is 7. The normalized spacial score (nSPS) is 13.2. The van der Waals surface area contributed by atoms with Gasteiger partial charge in [0.05, 0.1) is 0 Å². The third kappa shape index (κ3) is 5.23. The molecule has 0 saturated carbocycles. The minimum absolute atomic E-state index is 0.0724. The van der Waals surface area contributed by atoms with Crippen LogP contribution in [0.2, 0.25) is 0 Å². The molecule has 1 aromatic carbocycles. The van der Waals surface area contributed by atoms with Crippen LogP contribution in [0.4, 0.5) is 0 Å². The molecule has 2 atom stereocenters. The predicted octanol–water partition coefficient (Wildman–Crippen LogP) is -0.170. The summed E-state index contributed by atoms with van der Waals surface area (Å²) in [5.74, 6) is -2.48. The van der Waals surface area contributed by atoms with Gasteiger partial charge in [0.2, 0.25) is 11.8 Å². The lowest BCUT2D eigenvalue weighted by molar-refractivity contribution is -0.142. The highest BCUT2D eigenvalue weighted by Crippen LogP contribution is 2.12. The number of benzene rings is 1. The summed E-state index contributed by atoms with van der Waals surface area (Å²) in [4.78, 5) is 33.7. The zero-order valence-electron chi connectivity index (χ0n) is 11.7. The second-order valence-electron chi connectivity index (χ2n) is 4.79. The van der Waals surface area contributed by atoms with Crippen LogP contribution in [0.25, 0.3) is 0 Å². The molecule has 2 amide bonds. The number of hydrogen-bond donors (Lipinski definition) is 4. The Balaban J connectivity index is 2.70. The van der Waals surface area contributed by atoms with Gasteiger partial charge in [-0.15, -0.1) is 0 Å². The van der Waals surface area contributed by atoms with Crippen molar-refractivity contribution in [3.05, 3.63) is 35.4 Å². The van der Waals surface area contributed by atoms with Crippen molar-refractivity contribution in [3.8, 4) is 0 Å². The van der Waals surface area contributed by atoms with Crippen LogP contribution in [0.3, 0.4) is 0 Å². The molecule has 0 aliphatic carbocycles. The van der Waals surface area contributed by atoms with Crippen molar-refractivity contribution < 1.29 is 19.5 Å². The number of aryl methyl sites for hydroxylation is 1. The maximum absolute atomic E-state index is 12.0. The largest absolute Gasteiger partial charge is 0.480 e. The van der Waals surface area contributed by atoms with E-state index in [0.29, 0.717) is 5.56 Å². The zero-order chi connectivity index (χ0) is 16.0. The predicted molar refractivity (Wildman–Crippen MR) is 76.1 cm³/mol. The molecule has 1 aromatic rings. The van der Waals surface area contributed by atoms with Crippen LogP contribution in [0.5, 0.6) is 0 Å². The Bertz CT molecular complexity index is 528. The van der Waals surface area contributed by atoms with E-state index in [1.54, 1.807) is 12.1 Å². The fraction of sp³-hybridized carbons (Fsp3) is 0.357. The van der Waals surface area contributed by atoms with E-state index >= 15 is 0 Å². The summed E-state index contributed by atoms with van der Waals surface area (Å²) in [7, 11) is 0. The summed E-state index contributed by atoms with van der Waals surface area (Å²) in [5.41, 5.74) is 12.4. The number of nitrogens with two attached hydrogens (primary N) is 2. The molecule has 0 saturated heterocycles. The highest BCUT2D eigenvalue weighted by molar-refractivity contribution is 5.88. The lowest BCUT2D eigenvalue weighted by atomic mass is 10.0. The van der Waals surface area contributed by atoms with Crippen molar-refractivity contribution >= 4 is 17.8 Å². The molecule has 0 aliphatic rings. The Labute approximate surface area is 122 Å². The van der Waals surface area contributed by atoms with Gasteiger partial charge in [-0.05, 0) is 18.9 Å². The van der Waals surface area contributed by atoms with Crippen LogP contribution in [-0.4, -0.2) is 28.9 Å². The molecule has 1 unspecified atom stereocenters. The highest BCUT2D eigenvalue weighted by Gasteiger charge is 2.24. The molecule has 114 valence electrons. The molecular weight excluding hydrogens is 274 g/mol. The molecule has 0 fully saturated rings. The van der Waals surface area contributed by atoms with Gasteiger partial charge in [-0.3, -0.25) is 9.59 Å². The molecule has 7 nitrogen and oxygen atoms in total. The molecule has 0 bridgehead atoms. The van der Waals surface area contributed by atoms with Crippen LogP contribution in [0.15, 0.2) is 24.3 Å². The van der Waals surface area contributed by atoms with Gasteiger partial charge >= 0.3 is 5.97 Å². The standard InChI is InChI=1S/C14H19N3O4/c1-8-2-4-9(5-3-8)12(16)13(19)17-10(14(20)21)6-7-11(15)18/h2-5,10,12H,6-7,16H2,1H3,(H2,15,18)(H,17,19)(H,20,21)/t10-,12?/m1/s1. The number of aliphatic carboxylic acids is 1. The van der Waals surface area contributed by atoms with Crippen LogP contribution in [-0.2, 0) is 14.4 Å². The molecular formula is C14H19N3O4. The smallest absolute Gasteiger partial charge is 0.326 e. The first kappa shape index (κ1) is 16.6. The summed E-state index contributed by atoms with van der Waals surface area (Å²) in [5, 5.41) is 11.3. The minimum Gasteiger partial charge on any atom is -0.480 e. The number of nitrogens with one attached hydrogen (secondary N) is 1. The maximum Gasteiger partial charge on any atom is 0.326 e. The lowest BCUT2D eigenvalue weighted by Gasteiger charge is -2.17. The van der Waals surface area contributed by atoms with Crippen LogP contribution < -0.4 is 16.8 Å². The fourth-order valence-electron chi connectivity index (χ4n) is 1.73. The molecule has 21 heavy (non-hydrogen) atoms. The minimum atomic E-state index is -1.24. The van der Waals surface area contributed by atoms with Gasteiger partial charge in [0.1, 0.15) is 12.1 Å². The van der Waals surface area contributed by atoms with Gasteiger partial charge in [-0.25, -0.2) is 4.79 Å². The van der Waals surface area contributed by atoms with Crippen molar-refractivity contribution in [2.24, 2.45) is 11.5 Å². The van der Waals surface area contributed by atoms with E-state index in [0.717, 1.165) is 5.56 Å². The third-order valence-electron chi connectivity index (χ3n) is 3.01. The van der Waals surface area contributed by atoms with E-state index in [1.807, 2.05) is 19.1 Å². The van der Waals surface area contributed by atoms with E-state index in [1.165, 1.54) is 0 Å². The molecule has 6 N–H and O–H groups in total. The lowest BCUT2D eigenvalue weighted by Crippen LogP contribution is -2.45. The van der Waals surface area contributed by atoms with E-state index in [-0.39, 0.29) is 12.8 Å². The van der Waals surface area contributed by atoms with Crippen molar-refractivity contribution in [1.82, 2.24) is 5.32 Å². The first-order valence-corrected chi connectivity index (χ1v) is 6.45. The average molecular weight is 293 g/mol. The van der Waals surface area contributed by atoms with Crippen molar-refractivity contribution in [3.63, 3.8) is 0 Å².